The molecule has 4 aromatic rings. The van der Waals surface area contributed by atoms with Crippen LogP contribution in [0.3, 0.4) is 0 Å². The van der Waals surface area contributed by atoms with Crippen molar-refractivity contribution in [2.75, 3.05) is 19.1 Å². The first-order valence-electron chi connectivity index (χ1n) is 12.1. The molecule has 1 N–H and O–H groups in total. The average molecular weight is 529 g/mol. The Labute approximate surface area is 222 Å². The second kappa shape index (κ2) is 9.18. The zero-order chi connectivity index (χ0) is 26.6. The van der Waals surface area contributed by atoms with Crippen LogP contribution < -0.4 is 19.1 Å². The number of anilines is 1. The van der Waals surface area contributed by atoms with E-state index in [-0.39, 0.29) is 17.4 Å². The number of amides is 1. The Bertz CT molecular complexity index is 1640. The number of aromatic nitrogens is 1. The van der Waals surface area contributed by atoms with E-state index >= 15 is 0 Å². The molecule has 192 valence electrons. The molecule has 9 heteroatoms. The standard InChI is InChI=1S/C29H24N2O6S/c1-15-11-18-12-17(7-10-22(18)37-15)26(32)24-25(16-5-4-6-19(13-16)35-2)31(28(34)27(24)33)29-30-21-9-8-20(36-3)14-23(21)38-29/h4-10,12-15,25,32H,11H2,1-3H3/b26-24+/t15-,25+/m0/s1. The fourth-order valence-corrected chi connectivity index (χ4v) is 6.03. The van der Waals surface area contributed by atoms with E-state index in [0.717, 1.165) is 16.0 Å². The van der Waals surface area contributed by atoms with Crippen LogP contribution in [0.1, 0.15) is 29.7 Å². The maximum absolute atomic E-state index is 13.5. The second-order valence-corrected chi connectivity index (χ2v) is 10.2. The first-order valence-corrected chi connectivity index (χ1v) is 12.9. The summed E-state index contributed by atoms with van der Waals surface area (Å²) in [5.74, 6) is 0.188. The topological polar surface area (TPSA) is 98.2 Å². The van der Waals surface area contributed by atoms with Gasteiger partial charge < -0.3 is 19.3 Å². The van der Waals surface area contributed by atoms with E-state index in [2.05, 4.69) is 4.98 Å². The molecule has 0 radical (unpaired) electrons. The number of nitrogens with zero attached hydrogens (tertiary/aromatic N) is 2. The van der Waals surface area contributed by atoms with Gasteiger partial charge in [-0.2, -0.15) is 0 Å². The monoisotopic (exact) mass is 528 g/mol. The molecular formula is C29H24N2O6S. The molecule has 1 saturated heterocycles. The Morgan fingerprint density at radius 1 is 1.05 bits per heavy atom. The molecule has 3 heterocycles. The first-order chi connectivity index (χ1) is 18.4. The molecule has 1 fully saturated rings. The number of carbonyl (C=O) groups is 2. The molecule has 3 aromatic carbocycles. The van der Waals surface area contributed by atoms with Gasteiger partial charge in [0.1, 0.15) is 29.1 Å². The number of methoxy groups -OCH3 is 2. The quantitative estimate of drug-likeness (QED) is 0.214. The number of thiazole rings is 1. The molecule has 0 aliphatic carbocycles. The van der Waals surface area contributed by atoms with Crippen LogP contribution in [0.15, 0.2) is 66.2 Å². The largest absolute Gasteiger partial charge is 0.507 e. The van der Waals surface area contributed by atoms with Gasteiger partial charge in [0.25, 0.3) is 5.78 Å². The van der Waals surface area contributed by atoms with Crippen LogP contribution >= 0.6 is 11.3 Å². The van der Waals surface area contributed by atoms with Gasteiger partial charge in [0.05, 0.1) is 36.1 Å². The van der Waals surface area contributed by atoms with Crippen molar-refractivity contribution in [3.63, 3.8) is 0 Å². The highest BCUT2D eigenvalue weighted by molar-refractivity contribution is 7.22. The third kappa shape index (κ3) is 3.86. The van der Waals surface area contributed by atoms with Crippen molar-refractivity contribution in [3.8, 4) is 17.2 Å². The Morgan fingerprint density at radius 3 is 2.63 bits per heavy atom. The molecular weight excluding hydrogens is 504 g/mol. The Morgan fingerprint density at radius 2 is 1.84 bits per heavy atom. The molecule has 38 heavy (non-hydrogen) atoms. The number of aliphatic hydroxyl groups excluding tert-OH is 1. The number of aliphatic hydroxyl groups is 1. The van der Waals surface area contributed by atoms with Crippen LogP contribution in [-0.2, 0) is 16.0 Å². The number of hydrogen-bond donors (Lipinski definition) is 1. The lowest BCUT2D eigenvalue weighted by Gasteiger charge is -2.23. The lowest BCUT2D eigenvalue weighted by molar-refractivity contribution is -0.132. The summed E-state index contributed by atoms with van der Waals surface area (Å²) in [6, 6.07) is 16.9. The highest BCUT2D eigenvalue weighted by Crippen LogP contribution is 2.45. The summed E-state index contributed by atoms with van der Waals surface area (Å²) in [6.45, 7) is 1.97. The lowest BCUT2D eigenvalue weighted by Crippen LogP contribution is -2.29. The molecule has 2 aliphatic rings. The van der Waals surface area contributed by atoms with Gasteiger partial charge in [-0.25, -0.2) is 4.98 Å². The third-order valence-electron chi connectivity index (χ3n) is 6.81. The minimum absolute atomic E-state index is 0.00740. The van der Waals surface area contributed by atoms with Gasteiger partial charge in [-0.05, 0) is 66.6 Å². The molecule has 8 nitrogen and oxygen atoms in total. The molecule has 6 rings (SSSR count). The number of ketones is 1. The van der Waals surface area contributed by atoms with Crippen LogP contribution in [0.25, 0.3) is 16.0 Å². The molecule has 1 amide bonds. The SMILES string of the molecule is COc1cccc([C@@H]2/C(=C(\O)c3ccc4c(c3)C[C@H](C)O4)C(=O)C(=O)N2c2nc3ccc(OC)cc3s2)c1. The van der Waals surface area contributed by atoms with E-state index < -0.39 is 17.7 Å². The number of rotatable bonds is 5. The van der Waals surface area contributed by atoms with E-state index in [9.17, 15) is 14.7 Å². The number of Topliss-reactive ketones (excluding diaryl/α,β-unsaturated/α-hetero) is 1. The van der Waals surface area contributed by atoms with E-state index in [1.165, 1.54) is 16.2 Å². The van der Waals surface area contributed by atoms with Crippen molar-refractivity contribution in [2.24, 2.45) is 0 Å². The summed E-state index contributed by atoms with van der Waals surface area (Å²) in [6.07, 6.45) is 0.724. The summed E-state index contributed by atoms with van der Waals surface area (Å²) < 4.78 is 17.3. The Balaban J connectivity index is 1.53. The fourth-order valence-electron chi connectivity index (χ4n) is 5.00. The smallest absolute Gasteiger partial charge is 0.301 e. The van der Waals surface area contributed by atoms with Crippen molar-refractivity contribution in [2.45, 2.75) is 25.5 Å². The molecule has 0 unspecified atom stereocenters. The van der Waals surface area contributed by atoms with Gasteiger partial charge in [0.15, 0.2) is 5.13 Å². The summed E-state index contributed by atoms with van der Waals surface area (Å²) >= 11 is 1.27. The van der Waals surface area contributed by atoms with Gasteiger partial charge in [0, 0.05) is 12.0 Å². The number of ether oxygens (including phenoxy) is 3. The maximum Gasteiger partial charge on any atom is 0.301 e. The minimum Gasteiger partial charge on any atom is -0.507 e. The zero-order valence-electron chi connectivity index (χ0n) is 20.9. The number of carbonyl (C=O) groups excluding carboxylic acids is 2. The van der Waals surface area contributed by atoms with E-state index in [1.54, 1.807) is 62.8 Å². The van der Waals surface area contributed by atoms with Crippen molar-refractivity contribution in [3.05, 3.63) is 82.9 Å². The molecule has 0 saturated carbocycles. The Kier molecular flexibility index (Phi) is 5.80. The third-order valence-corrected chi connectivity index (χ3v) is 7.83. The van der Waals surface area contributed by atoms with E-state index in [0.29, 0.717) is 39.7 Å². The van der Waals surface area contributed by atoms with E-state index in [4.69, 9.17) is 14.2 Å². The van der Waals surface area contributed by atoms with E-state index in [1.807, 2.05) is 19.1 Å². The van der Waals surface area contributed by atoms with Gasteiger partial charge in [-0.1, -0.05) is 23.5 Å². The van der Waals surface area contributed by atoms with Crippen LogP contribution in [0.2, 0.25) is 0 Å². The molecule has 2 atom stereocenters. The van der Waals surface area contributed by atoms with Gasteiger partial charge in [-0.3, -0.25) is 14.5 Å². The summed E-state index contributed by atoms with van der Waals surface area (Å²) in [4.78, 5) is 33.1. The predicted octanol–water partition coefficient (Wildman–Crippen LogP) is 5.26. The van der Waals surface area contributed by atoms with Crippen LogP contribution in [0.4, 0.5) is 5.13 Å². The second-order valence-electron chi connectivity index (χ2n) is 9.23. The van der Waals surface area contributed by atoms with Gasteiger partial charge in [-0.15, -0.1) is 0 Å². The summed E-state index contributed by atoms with van der Waals surface area (Å²) in [7, 11) is 3.13. The number of fused-ring (bicyclic) bond motifs is 2. The number of hydrogen-bond acceptors (Lipinski definition) is 8. The average Bonchev–Trinajstić information content (AvgIpc) is 3.59. The highest BCUT2D eigenvalue weighted by atomic mass is 32.1. The van der Waals surface area contributed by atoms with Crippen molar-refractivity contribution >= 4 is 44.1 Å². The summed E-state index contributed by atoms with van der Waals surface area (Å²) in [5, 5.41) is 11.9. The van der Waals surface area contributed by atoms with Crippen LogP contribution in [0, 0.1) is 0 Å². The molecule has 1 aromatic heterocycles. The minimum atomic E-state index is -0.906. The predicted molar refractivity (Wildman–Crippen MR) is 144 cm³/mol. The molecule has 2 aliphatic heterocycles. The number of benzene rings is 3. The van der Waals surface area contributed by atoms with Crippen molar-refractivity contribution < 1.29 is 28.9 Å². The maximum atomic E-state index is 13.5. The fraction of sp³-hybridized carbons (Fsp3) is 0.207. The Hall–Kier alpha value is -4.37. The summed E-state index contributed by atoms with van der Waals surface area (Å²) in [5.41, 5.74) is 2.66. The van der Waals surface area contributed by atoms with Crippen molar-refractivity contribution in [1.29, 1.82) is 0 Å². The first kappa shape index (κ1) is 24.0. The molecule has 0 spiro atoms. The zero-order valence-corrected chi connectivity index (χ0v) is 21.7. The lowest BCUT2D eigenvalue weighted by atomic mass is 9.94. The van der Waals surface area contributed by atoms with Crippen LogP contribution in [0.5, 0.6) is 17.2 Å². The molecule has 0 bridgehead atoms. The normalized spacial score (nSPS) is 20.0. The highest BCUT2D eigenvalue weighted by Gasteiger charge is 2.48. The van der Waals surface area contributed by atoms with Crippen molar-refractivity contribution in [1.82, 2.24) is 4.98 Å². The van der Waals surface area contributed by atoms with Gasteiger partial charge >= 0.3 is 5.91 Å². The van der Waals surface area contributed by atoms with Crippen LogP contribution in [-0.4, -0.2) is 42.1 Å². The van der Waals surface area contributed by atoms with Gasteiger partial charge in [0.2, 0.25) is 0 Å².